The van der Waals surface area contributed by atoms with Crippen LogP contribution in [0.25, 0.3) is 0 Å². The van der Waals surface area contributed by atoms with Gasteiger partial charge in [0.05, 0.1) is 15.6 Å². The molecular formula is C8H4BrF5O. The number of alkyl halides is 5. The molecule has 7 heteroatoms. The molecule has 84 valence electrons. The molecule has 0 bridgehead atoms. The summed E-state index contributed by atoms with van der Waals surface area (Å²) in [6.07, 6.45) is -7.72. The third-order valence-electron chi connectivity index (χ3n) is 1.69. The summed E-state index contributed by atoms with van der Waals surface area (Å²) in [4.78, 5) is 0. The van der Waals surface area contributed by atoms with Crippen molar-refractivity contribution in [3.05, 3.63) is 27.7 Å². The van der Waals surface area contributed by atoms with Crippen molar-refractivity contribution in [1.82, 2.24) is 0 Å². The molecule has 0 aliphatic rings. The van der Waals surface area contributed by atoms with Crippen molar-refractivity contribution < 1.29 is 27.1 Å². The molecule has 0 heterocycles. The fourth-order valence-electron chi connectivity index (χ4n) is 0.975. The summed E-state index contributed by atoms with van der Waals surface area (Å²) in [6.45, 7) is 0. The van der Waals surface area contributed by atoms with E-state index in [4.69, 9.17) is 5.11 Å². The van der Waals surface area contributed by atoms with Gasteiger partial charge in [-0.1, -0.05) is 0 Å². The van der Waals surface area contributed by atoms with Gasteiger partial charge in [-0.2, -0.15) is 13.2 Å². The number of hydrogen-bond acceptors (Lipinski definition) is 1. The second kappa shape index (κ2) is 3.96. The molecule has 0 radical (unpaired) electrons. The number of hydrogen-bond donors (Lipinski definition) is 1. The van der Waals surface area contributed by atoms with Gasteiger partial charge >= 0.3 is 6.18 Å². The molecule has 0 saturated carbocycles. The maximum absolute atomic E-state index is 12.2. The molecule has 0 amide bonds. The summed E-state index contributed by atoms with van der Waals surface area (Å²) in [7, 11) is 0. The van der Waals surface area contributed by atoms with Crippen LogP contribution in [0, 0.1) is 0 Å². The molecule has 1 aromatic rings. The van der Waals surface area contributed by atoms with E-state index in [0.29, 0.717) is 12.1 Å². The van der Waals surface area contributed by atoms with Crippen LogP contribution >= 0.6 is 15.9 Å². The Bertz CT molecular complexity index is 374. The van der Waals surface area contributed by atoms with Crippen LogP contribution in [0.4, 0.5) is 22.0 Å². The molecule has 0 fully saturated rings. The Hall–Kier alpha value is -0.850. The average Bonchev–Trinajstić information content (AvgIpc) is 2.06. The summed E-state index contributed by atoms with van der Waals surface area (Å²) in [6, 6.07) is 1.04. The van der Waals surface area contributed by atoms with Gasteiger partial charge in [-0.25, -0.2) is 8.78 Å². The summed E-state index contributed by atoms with van der Waals surface area (Å²) in [5, 5.41) is 9.09. The summed E-state index contributed by atoms with van der Waals surface area (Å²) in [5.41, 5.74) is -2.03. The minimum atomic E-state index is -4.70. The van der Waals surface area contributed by atoms with E-state index in [0.717, 1.165) is 0 Å². The molecule has 15 heavy (non-hydrogen) atoms. The van der Waals surface area contributed by atoms with Crippen molar-refractivity contribution in [2.75, 3.05) is 0 Å². The highest BCUT2D eigenvalue weighted by molar-refractivity contribution is 9.10. The highest BCUT2D eigenvalue weighted by Gasteiger charge is 2.35. The molecule has 0 atom stereocenters. The zero-order valence-electron chi connectivity index (χ0n) is 6.95. The molecule has 1 rings (SSSR count). The first-order valence-corrected chi connectivity index (χ1v) is 4.41. The predicted octanol–water partition coefficient (Wildman–Crippen LogP) is 4.11. The minimum absolute atomic E-state index is 0.491. The SMILES string of the molecule is Oc1c(C(F)F)ccc(C(F)(F)F)c1Br. The third kappa shape index (κ3) is 2.39. The van der Waals surface area contributed by atoms with E-state index in [1.54, 1.807) is 0 Å². The maximum Gasteiger partial charge on any atom is 0.417 e. The Balaban J connectivity index is 3.34. The van der Waals surface area contributed by atoms with Crippen LogP contribution in [0.5, 0.6) is 5.75 Å². The maximum atomic E-state index is 12.2. The third-order valence-corrected chi connectivity index (χ3v) is 2.49. The zero-order chi connectivity index (χ0) is 11.8. The Morgan fingerprint density at radius 1 is 1.20 bits per heavy atom. The monoisotopic (exact) mass is 290 g/mol. The lowest BCUT2D eigenvalue weighted by Gasteiger charge is -2.12. The summed E-state index contributed by atoms with van der Waals surface area (Å²) < 4.78 is 60.3. The van der Waals surface area contributed by atoms with E-state index in [1.165, 1.54) is 0 Å². The first kappa shape index (κ1) is 12.2. The second-order valence-corrected chi connectivity index (χ2v) is 3.46. The molecule has 0 aliphatic heterocycles. The number of halogens is 6. The van der Waals surface area contributed by atoms with Gasteiger partial charge in [0.2, 0.25) is 0 Å². The van der Waals surface area contributed by atoms with E-state index in [1.807, 2.05) is 0 Å². The first-order valence-electron chi connectivity index (χ1n) is 3.62. The normalized spacial score (nSPS) is 12.2. The number of benzene rings is 1. The number of rotatable bonds is 1. The first-order chi connectivity index (χ1) is 6.75. The Labute approximate surface area is 89.7 Å². The fourth-order valence-corrected chi connectivity index (χ4v) is 1.56. The van der Waals surface area contributed by atoms with Crippen LogP contribution in [0.3, 0.4) is 0 Å². The lowest BCUT2D eigenvalue weighted by Crippen LogP contribution is -2.06. The van der Waals surface area contributed by atoms with E-state index >= 15 is 0 Å². The van der Waals surface area contributed by atoms with Crippen molar-refractivity contribution in [3.63, 3.8) is 0 Å². The van der Waals surface area contributed by atoms with E-state index in [-0.39, 0.29) is 0 Å². The highest BCUT2D eigenvalue weighted by atomic mass is 79.9. The predicted molar refractivity (Wildman–Crippen MR) is 45.8 cm³/mol. The zero-order valence-corrected chi connectivity index (χ0v) is 8.53. The second-order valence-electron chi connectivity index (χ2n) is 2.66. The number of phenols is 1. The number of phenolic OH excluding ortho intramolecular Hbond substituents is 1. The quantitative estimate of drug-likeness (QED) is 0.772. The molecule has 0 aromatic heterocycles. The molecule has 1 N–H and O–H groups in total. The molecule has 0 aliphatic carbocycles. The summed E-state index contributed by atoms with van der Waals surface area (Å²) in [5.74, 6) is -1.08. The molecule has 0 spiro atoms. The topological polar surface area (TPSA) is 20.2 Å². The van der Waals surface area contributed by atoms with Crippen molar-refractivity contribution in [1.29, 1.82) is 0 Å². The minimum Gasteiger partial charge on any atom is -0.506 e. The van der Waals surface area contributed by atoms with Crippen LogP contribution in [-0.4, -0.2) is 5.11 Å². The lowest BCUT2D eigenvalue weighted by molar-refractivity contribution is -0.138. The molecular weight excluding hydrogens is 287 g/mol. The lowest BCUT2D eigenvalue weighted by atomic mass is 10.1. The molecule has 1 nitrogen and oxygen atoms in total. The van der Waals surface area contributed by atoms with Crippen molar-refractivity contribution in [2.24, 2.45) is 0 Å². The van der Waals surface area contributed by atoms with E-state index in [2.05, 4.69) is 15.9 Å². The van der Waals surface area contributed by atoms with Gasteiger partial charge in [0.1, 0.15) is 5.75 Å². The molecule has 0 unspecified atom stereocenters. The standard InChI is InChI=1S/C8H4BrF5O/c9-5-4(8(12,13)14)2-1-3(6(5)15)7(10)11/h1-2,7,15H. The van der Waals surface area contributed by atoms with Gasteiger partial charge in [-0.3, -0.25) is 0 Å². The average molecular weight is 291 g/mol. The van der Waals surface area contributed by atoms with Crippen LogP contribution in [0.2, 0.25) is 0 Å². The van der Waals surface area contributed by atoms with Crippen molar-refractivity contribution >= 4 is 15.9 Å². The number of aromatic hydroxyl groups is 1. The Kier molecular flexibility index (Phi) is 3.22. The van der Waals surface area contributed by atoms with Gasteiger partial charge in [0.25, 0.3) is 6.43 Å². The van der Waals surface area contributed by atoms with Crippen molar-refractivity contribution in [3.8, 4) is 5.75 Å². The molecule has 1 aromatic carbocycles. The van der Waals surface area contributed by atoms with Gasteiger partial charge in [0.15, 0.2) is 0 Å². The van der Waals surface area contributed by atoms with Gasteiger partial charge in [-0.05, 0) is 28.1 Å². The van der Waals surface area contributed by atoms with Crippen molar-refractivity contribution in [2.45, 2.75) is 12.6 Å². The van der Waals surface area contributed by atoms with E-state index in [9.17, 15) is 22.0 Å². The van der Waals surface area contributed by atoms with Gasteiger partial charge in [0, 0.05) is 0 Å². The van der Waals surface area contributed by atoms with Crippen LogP contribution in [-0.2, 0) is 6.18 Å². The fraction of sp³-hybridized carbons (Fsp3) is 0.250. The Morgan fingerprint density at radius 3 is 2.13 bits per heavy atom. The summed E-state index contributed by atoms with van der Waals surface area (Å²) >= 11 is 2.43. The van der Waals surface area contributed by atoms with Gasteiger partial charge < -0.3 is 5.11 Å². The van der Waals surface area contributed by atoms with Crippen LogP contribution < -0.4 is 0 Å². The largest absolute Gasteiger partial charge is 0.506 e. The molecule has 0 saturated heterocycles. The van der Waals surface area contributed by atoms with Crippen LogP contribution in [0.15, 0.2) is 16.6 Å². The smallest absolute Gasteiger partial charge is 0.417 e. The van der Waals surface area contributed by atoms with E-state index < -0.39 is 34.0 Å². The van der Waals surface area contributed by atoms with Crippen LogP contribution in [0.1, 0.15) is 17.6 Å². The highest BCUT2D eigenvalue weighted by Crippen LogP contribution is 2.42. The van der Waals surface area contributed by atoms with Gasteiger partial charge in [-0.15, -0.1) is 0 Å². The Morgan fingerprint density at radius 2 is 1.73 bits per heavy atom.